The van der Waals surface area contributed by atoms with Gasteiger partial charge in [0, 0.05) is 0 Å². The first-order chi connectivity index (χ1) is 6.62. The van der Waals surface area contributed by atoms with Crippen molar-refractivity contribution >= 4 is 15.9 Å². The standard InChI is InChI=1S/C13H23Br/c1-6-10(5)11(7-2)12(8-3)13(14)9-4/h6-9H2,1-5H3/b11-10+,13-12-. The van der Waals surface area contributed by atoms with E-state index in [0.29, 0.717) is 0 Å². The van der Waals surface area contributed by atoms with Crippen molar-refractivity contribution in [3.05, 3.63) is 21.2 Å². The molecule has 0 amide bonds. The Morgan fingerprint density at radius 3 is 1.57 bits per heavy atom. The van der Waals surface area contributed by atoms with E-state index in [-0.39, 0.29) is 0 Å². The van der Waals surface area contributed by atoms with Crippen molar-refractivity contribution in [3.63, 3.8) is 0 Å². The molecule has 0 saturated carbocycles. The summed E-state index contributed by atoms with van der Waals surface area (Å²) in [7, 11) is 0. The highest BCUT2D eigenvalue weighted by molar-refractivity contribution is 9.11. The van der Waals surface area contributed by atoms with Crippen LogP contribution in [0.4, 0.5) is 0 Å². The number of hydrogen-bond donors (Lipinski definition) is 0. The zero-order valence-electron chi connectivity index (χ0n) is 10.2. The van der Waals surface area contributed by atoms with Crippen LogP contribution in [0.2, 0.25) is 0 Å². The molecule has 0 N–H and O–H groups in total. The molecular formula is C13H23Br. The van der Waals surface area contributed by atoms with Gasteiger partial charge in [-0.05, 0) is 48.2 Å². The number of allylic oxidation sites excluding steroid dienone is 4. The van der Waals surface area contributed by atoms with E-state index in [2.05, 4.69) is 50.5 Å². The van der Waals surface area contributed by atoms with Gasteiger partial charge in [0.15, 0.2) is 0 Å². The van der Waals surface area contributed by atoms with Crippen LogP contribution in [0.5, 0.6) is 0 Å². The molecule has 0 spiro atoms. The molecule has 0 aliphatic heterocycles. The van der Waals surface area contributed by atoms with Crippen molar-refractivity contribution in [2.24, 2.45) is 0 Å². The van der Waals surface area contributed by atoms with Crippen LogP contribution in [0.3, 0.4) is 0 Å². The highest BCUT2D eigenvalue weighted by Gasteiger charge is 2.08. The van der Waals surface area contributed by atoms with Crippen molar-refractivity contribution in [1.29, 1.82) is 0 Å². The predicted molar refractivity (Wildman–Crippen MR) is 69.8 cm³/mol. The molecule has 0 atom stereocenters. The molecular weight excluding hydrogens is 236 g/mol. The summed E-state index contributed by atoms with van der Waals surface area (Å²) in [5.41, 5.74) is 4.62. The summed E-state index contributed by atoms with van der Waals surface area (Å²) in [6.45, 7) is 11.2. The molecule has 0 unspecified atom stereocenters. The van der Waals surface area contributed by atoms with E-state index in [4.69, 9.17) is 0 Å². The Labute approximate surface area is 97.6 Å². The Bertz CT molecular complexity index is 208. The monoisotopic (exact) mass is 258 g/mol. The fourth-order valence-corrected chi connectivity index (χ4v) is 2.29. The molecule has 0 nitrogen and oxygen atoms in total. The molecule has 1 heteroatoms. The minimum absolute atomic E-state index is 1.10. The average Bonchev–Trinajstić information content (AvgIpc) is 2.23. The summed E-state index contributed by atoms with van der Waals surface area (Å²) in [5, 5.41) is 0. The maximum Gasteiger partial charge on any atom is -0.00175 e. The fourth-order valence-electron chi connectivity index (χ4n) is 1.77. The van der Waals surface area contributed by atoms with Gasteiger partial charge in [-0.15, -0.1) is 0 Å². The fraction of sp³-hybridized carbons (Fsp3) is 0.692. The van der Waals surface area contributed by atoms with E-state index in [1.807, 2.05) is 0 Å². The molecule has 0 bridgehead atoms. The zero-order chi connectivity index (χ0) is 11.1. The normalized spacial score (nSPS) is 15.0. The molecule has 0 aliphatic carbocycles. The maximum atomic E-state index is 3.69. The molecule has 0 aromatic rings. The van der Waals surface area contributed by atoms with E-state index in [9.17, 15) is 0 Å². The summed E-state index contributed by atoms with van der Waals surface area (Å²) >= 11 is 3.69. The Morgan fingerprint density at radius 1 is 0.786 bits per heavy atom. The first-order valence-corrected chi connectivity index (χ1v) is 6.47. The third-order valence-corrected chi connectivity index (χ3v) is 3.79. The average molecular weight is 259 g/mol. The van der Waals surface area contributed by atoms with E-state index < -0.39 is 0 Å². The lowest BCUT2D eigenvalue weighted by Crippen LogP contribution is -1.94. The number of halogens is 1. The molecule has 0 saturated heterocycles. The molecule has 0 aromatic carbocycles. The predicted octanol–water partition coefficient (Wildman–Crippen LogP) is 5.59. The van der Waals surface area contributed by atoms with Crippen molar-refractivity contribution in [2.45, 2.75) is 60.3 Å². The summed E-state index contributed by atoms with van der Waals surface area (Å²) in [6, 6.07) is 0. The van der Waals surface area contributed by atoms with E-state index in [1.54, 1.807) is 5.57 Å². The van der Waals surface area contributed by atoms with Crippen molar-refractivity contribution in [3.8, 4) is 0 Å². The number of hydrogen-bond acceptors (Lipinski definition) is 0. The SMILES string of the molecule is CC/C(Br)=C(CC)/C(CC)=C(\C)CC. The molecule has 0 aromatic heterocycles. The van der Waals surface area contributed by atoms with Gasteiger partial charge in [-0.25, -0.2) is 0 Å². The molecule has 0 heterocycles. The van der Waals surface area contributed by atoms with E-state index in [1.165, 1.54) is 15.6 Å². The first-order valence-electron chi connectivity index (χ1n) is 5.68. The highest BCUT2D eigenvalue weighted by atomic mass is 79.9. The van der Waals surface area contributed by atoms with Crippen LogP contribution in [-0.4, -0.2) is 0 Å². The molecule has 0 rings (SSSR count). The van der Waals surface area contributed by atoms with Gasteiger partial charge in [0.2, 0.25) is 0 Å². The van der Waals surface area contributed by atoms with E-state index >= 15 is 0 Å². The van der Waals surface area contributed by atoms with Crippen LogP contribution in [0.25, 0.3) is 0 Å². The van der Waals surface area contributed by atoms with Crippen LogP contribution >= 0.6 is 15.9 Å². The summed E-state index contributed by atoms with van der Waals surface area (Å²) in [5.74, 6) is 0. The minimum Gasteiger partial charge on any atom is -0.0701 e. The highest BCUT2D eigenvalue weighted by Crippen LogP contribution is 2.29. The first kappa shape index (κ1) is 14.0. The topological polar surface area (TPSA) is 0 Å². The molecule has 14 heavy (non-hydrogen) atoms. The quantitative estimate of drug-likeness (QED) is 0.564. The van der Waals surface area contributed by atoms with Crippen LogP contribution in [-0.2, 0) is 0 Å². The lowest BCUT2D eigenvalue weighted by molar-refractivity contribution is 0.943. The van der Waals surface area contributed by atoms with Crippen molar-refractivity contribution in [2.75, 3.05) is 0 Å². The maximum absolute atomic E-state index is 3.69. The Morgan fingerprint density at radius 2 is 1.29 bits per heavy atom. The van der Waals surface area contributed by atoms with Gasteiger partial charge >= 0.3 is 0 Å². The van der Waals surface area contributed by atoms with Gasteiger partial charge < -0.3 is 0 Å². The lowest BCUT2D eigenvalue weighted by Gasteiger charge is -2.14. The van der Waals surface area contributed by atoms with Crippen LogP contribution in [0, 0.1) is 0 Å². The summed E-state index contributed by atoms with van der Waals surface area (Å²) in [4.78, 5) is 0. The van der Waals surface area contributed by atoms with Gasteiger partial charge in [-0.3, -0.25) is 0 Å². The Hall–Kier alpha value is -0.0400. The van der Waals surface area contributed by atoms with Gasteiger partial charge in [0.1, 0.15) is 0 Å². The Balaban J connectivity index is 5.19. The second-order valence-corrected chi connectivity index (χ2v) is 4.51. The van der Waals surface area contributed by atoms with Gasteiger partial charge in [-0.1, -0.05) is 49.2 Å². The van der Waals surface area contributed by atoms with Gasteiger partial charge in [0.05, 0.1) is 0 Å². The summed E-state index contributed by atoms with van der Waals surface area (Å²) in [6.07, 6.45) is 4.55. The zero-order valence-corrected chi connectivity index (χ0v) is 11.8. The third-order valence-electron chi connectivity index (χ3n) is 2.75. The van der Waals surface area contributed by atoms with Gasteiger partial charge in [0.25, 0.3) is 0 Å². The molecule has 82 valence electrons. The smallest absolute Gasteiger partial charge is 0.00175 e. The van der Waals surface area contributed by atoms with Crippen LogP contribution < -0.4 is 0 Å². The second kappa shape index (κ2) is 7.28. The van der Waals surface area contributed by atoms with Crippen molar-refractivity contribution in [1.82, 2.24) is 0 Å². The summed E-state index contributed by atoms with van der Waals surface area (Å²) < 4.78 is 1.38. The molecule has 0 radical (unpaired) electrons. The largest absolute Gasteiger partial charge is 0.0701 e. The molecule has 0 aliphatic rings. The van der Waals surface area contributed by atoms with E-state index in [0.717, 1.165) is 25.7 Å². The Kier molecular flexibility index (Phi) is 7.26. The van der Waals surface area contributed by atoms with Crippen molar-refractivity contribution < 1.29 is 0 Å². The molecule has 0 fully saturated rings. The van der Waals surface area contributed by atoms with Gasteiger partial charge in [-0.2, -0.15) is 0 Å². The second-order valence-electron chi connectivity index (χ2n) is 3.56. The third kappa shape index (κ3) is 3.61. The lowest BCUT2D eigenvalue weighted by atomic mass is 9.94. The minimum atomic E-state index is 1.10. The van der Waals surface area contributed by atoms with Crippen LogP contribution in [0.1, 0.15) is 60.3 Å². The number of rotatable bonds is 5. The van der Waals surface area contributed by atoms with Crippen LogP contribution in [0.15, 0.2) is 21.2 Å².